The second-order valence-electron chi connectivity index (χ2n) is 5.38. The number of aromatic nitrogens is 3. The summed E-state index contributed by atoms with van der Waals surface area (Å²) in [5.74, 6) is -1.42. The van der Waals surface area contributed by atoms with Crippen LogP contribution in [0.2, 0.25) is 0 Å². The highest BCUT2D eigenvalue weighted by Crippen LogP contribution is 2.23. The van der Waals surface area contributed by atoms with Crippen LogP contribution in [-0.2, 0) is 11.3 Å². The smallest absolute Gasteiger partial charge is 0.347 e. The van der Waals surface area contributed by atoms with Crippen LogP contribution in [0.5, 0.6) is 0 Å². The number of carbonyl (C=O) groups is 2. The first-order valence-electron chi connectivity index (χ1n) is 7.29. The van der Waals surface area contributed by atoms with Crippen molar-refractivity contribution in [2.75, 3.05) is 0 Å². The van der Waals surface area contributed by atoms with Crippen LogP contribution in [0.25, 0.3) is 10.2 Å². The number of aryl methyl sites for hydroxylation is 1. The molecule has 0 fully saturated rings. The van der Waals surface area contributed by atoms with E-state index in [4.69, 9.17) is 5.11 Å². The summed E-state index contributed by atoms with van der Waals surface area (Å²) < 4.78 is 1.24. The summed E-state index contributed by atoms with van der Waals surface area (Å²) in [4.78, 5) is 44.7. The maximum absolute atomic E-state index is 12.3. The lowest BCUT2D eigenvalue weighted by Gasteiger charge is -2.12. The quantitative estimate of drug-likeness (QED) is 0.700. The third kappa shape index (κ3) is 3.44. The van der Waals surface area contributed by atoms with Gasteiger partial charge in [0.25, 0.3) is 5.56 Å². The molecule has 1 unspecified atom stereocenters. The van der Waals surface area contributed by atoms with Gasteiger partial charge in [-0.1, -0.05) is 0 Å². The molecule has 1 amide bonds. The minimum Gasteiger partial charge on any atom is -0.477 e. The Morgan fingerprint density at radius 3 is 2.88 bits per heavy atom. The molecule has 0 saturated heterocycles. The Bertz CT molecular complexity index is 1020. The molecule has 2 N–H and O–H groups in total. The Morgan fingerprint density at radius 1 is 1.44 bits per heavy atom. The van der Waals surface area contributed by atoms with Crippen molar-refractivity contribution in [3.8, 4) is 0 Å². The van der Waals surface area contributed by atoms with Crippen molar-refractivity contribution in [3.05, 3.63) is 43.7 Å². The highest BCUT2D eigenvalue weighted by molar-refractivity contribution is 7.16. The molecule has 3 aromatic heterocycles. The van der Waals surface area contributed by atoms with Gasteiger partial charge in [0, 0.05) is 0 Å². The molecule has 0 aliphatic carbocycles. The van der Waals surface area contributed by atoms with E-state index >= 15 is 0 Å². The Morgan fingerprint density at radius 2 is 2.20 bits per heavy atom. The van der Waals surface area contributed by atoms with Crippen LogP contribution in [0.3, 0.4) is 0 Å². The van der Waals surface area contributed by atoms with Crippen LogP contribution in [0.4, 0.5) is 0 Å². The molecule has 0 aromatic carbocycles. The first-order valence-corrected chi connectivity index (χ1v) is 8.99. The number of carbonyl (C=O) groups excluding carboxylic acids is 1. The minimum absolute atomic E-state index is 0.152. The maximum atomic E-state index is 12.3. The number of amides is 1. The number of aromatic carboxylic acids is 1. The summed E-state index contributed by atoms with van der Waals surface area (Å²) in [6, 6.07) is 1.22. The van der Waals surface area contributed by atoms with Crippen molar-refractivity contribution in [2.24, 2.45) is 0 Å². The summed E-state index contributed by atoms with van der Waals surface area (Å²) in [6.45, 7) is 3.16. The molecule has 0 bridgehead atoms. The number of rotatable bonds is 5. The van der Waals surface area contributed by atoms with Gasteiger partial charge in [0.05, 0.1) is 23.4 Å². The molecule has 25 heavy (non-hydrogen) atoms. The fourth-order valence-electron chi connectivity index (χ4n) is 2.31. The molecule has 0 spiro atoms. The average molecular weight is 378 g/mol. The lowest BCUT2D eigenvalue weighted by Crippen LogP contribution is -2.33. The van der Waals surface area contributed by atoms with Crippen molar-refractivity contribution in [3.63, 3.8) is 0 Å². The molecule has 3 aromatic rings. The molecule has 1 atom stereocenters. The fraction of sp³-hybridized carbons (Fsp3) is 0.267. The van der Waals surface area contributed by atoms with Gasteiger partial charge in [0.15, 0.2) is 0 Å². The number of nitrogens with one attached hydrogen (secondary N) is 1. The van der Waals surface area contributed by atoms with E-state index in [1.165, 1.54) is 22.2 Å². The zero-order valence-electron chi connectivity index (χ0n) is 13.3. The Hall–Kier alpha value is -2.59. The average Bonchev–Trinajstić information content (AvgIpc) is 3.16. The van der Waals surface area contributed by atoms with E-state index in [2.05, 4.69) is 15.3 Å². The van der Waals surface area contributed by atoms with Gasteiger partial charge >= 0.3 is 5.97 Å². The van der Waals surface area contributed by atoms with E-state index in [1.54, 1.807) is 25.3 Å². The molecule has 0 radical (unpaired) electrons. The predicted octanol–water partition coefficient (Wildman–Crippen LogP) is 1.80. The third-order valence-corrected chi connectivity index (χ3v) is 5.67. The molecular formula is C15H14N4O4S2. The van der Waals surface area contributed by atoms with Gasteiger partial charge < -0.3 is 10.4 Å². The van der Waals surface area contributed by atoms with Crippen molar-refractivity contribution in [2.45, 2.75) is 26.4 Å². The number of hydrogen-bond donors (Lipinski definition) is 2. The maximum Gasteiger partial charge on any atom is 0.347 e. The number of hydrogen-bond acceptors (Lipinski definition) is 7. The lowest BCUT2D eigenvalue weighted by atomic mass is 10.3. The van der Waals surface area contributed by atoms with Gasteiger partial charge in [-0.25, -0.2) is 14.8 Å². The van der Waals surface area contributed by atoms with Crippen LogP contribution < -0.4 is 10.9 Å². The van der Waals surface area contributed by atoms with Gasteiger partial charge in [-0.3, -0.25) is 14.2 Å². The molecule has 0 aliphatic rings. The van der Waals surface area contributed by atoms with Crippen molar-refractivity contribution in [1.82, 2.24) is 19.9 Å². The van der Waals surface area contributed by atoms with Gasteiger partial charge in [-0.15, -0.1) is 22.7 Å². The number of carboxylic acids is 1. The van der Waals surface area contributed by atoms with E-state index < -0.39 is 12.0 Å². The van der Waals surface area contributed by atoms with E-state index in [9.17, 15) is 14.4 Å². The summed E-state index contributed by atoms with van der Waals surface area (Å²) in [6.07, 6.45) is 1.35. The van der Waals surface area contributed by atoms with E-state index in [0.29, 0.717) is 20.9 Å². The Labute approximate surface area is 149 Å². The monoisotopic (exact) mass is 378 g/mol. The second kappa shape index (κ2) is 6.73. The van der Waals surface area contributed by atoms with Gasteiger partial charge in [0.2, 0.25) is 5.91 Å². The van der Waals surface area contributed by atoms with Crippen LogP contribution in [0, 0.1) is 6.92 Å². The fourth-order valence-corrected chi connectivity index (χ4v) is 3.94. The molecule has 130 valence electrons. The van der Waals surface area contributed by atoms with Crippen molar-refractivity contribution < 1.29 is 14.7 Å². The first kappa shape index (κ1) is 17.2. The summed E-state index contributed by atoms with van der Waals surface area (Å²) >= 11 is 2.39. The van der Waals surface area contributed by atoms with Crippen molar-refractivity contribution >= 4 is 44.8 Å². The summed E-state index contributed by atoms with van der Waals surface area (Å²) in [7, 11) is 0. The Kier molecular flexibility index (Phi) is 4.64. The lowest BCUT2D eigenvalue weighted by molar-refractivity contribution is -0.122. The molecule has 8 nitrogen and oxygen atoms in total. The molecule has 3 heterocycles. The normalized spacial score (nSPS) is 12.2. The Balaban J connectivity index is 1.73. The highest BCUT2D eigenvalue weighted by Gasteiger charge is 2.19. The number of nitrogens with zero attached hydrogens (tertiary/aromatic N) is 3. The molecule has 0 saturated carbocycles. The molecule has 0 aliphatic heterocycles. The molecule has 10 heteroatoms. The van der Waals surface area contributed by atoms with E-state index in [-0.39, 0.29) is 22.9 Å². The second-order valence-corrected chi connectivity index (χ2v) is 7.30. The third-order valence-electron chi connectivity index (χ3n) is 3.52. The standard InChI is InChI=1S/C15H14N4O4S2/c1-7-11(15(22)23)25-12(18-7)8(2)17-10(20)5-19-6-16-13-9(14(19)21)3-4-24-13/h3-4,6,8H,5H2,1-2H3,(H,17,20)(H,22,23). The first-order chi connectivity index (χ1) is 11.9. The van der Waals surface area contributed by atoms with E-state index in [1.807, 2.05) is 0 Å². The number of carboxylic acid groups (broad SMARTS) is 1. The predicted molar refractivity (Wildman–Crippen MR) is 94.2 cm³/mol. The number of fused-ring (bicyclic) bond motifs is 1. The van der Waals surface area contributed by atoms with Gasteiger partial charge in [0.1, 0.15) is 21.3 Å². The number of thiazole rings is 1. The minimum atomic E-state index is -1.04. The van der Waals surface area contributed by atoms with Gasteiger partial charge in [-0.2, -0.15) is 0 Å². The van der Waals surface area contributed by atoms with Gasteiger partial charge in [-0.05, 0) is 25.3 Å². The molecular weight excluding hydrogens is 364 g/mol. The zero-order chi connectivity index (χ0) is 18.1. The number of thiophene rings is 1. The van der Waals surface area contributed by atoms with Crippen LogP contribution >= 0.6 is 22.7 Å². The van der Waals surface area contributed by atoms with E-state index in [0.717, 1.165) is 11.3 Å². The van der Waals surface area contributed by atoms with Crippen LogP contribution in [0.1, 0.15) is 33.3 Å². The summed E-state index contributed by atoms with van der Waals surface area (Å²) in [5.41, 5.74) is 0.143. The topological polar surface area (TPSA) is 114 Å². The van der Waals surface area contributed by atoms with Crippen LogP contribution in [0.15, 0.2) is 22.6 Å². The largest absolute Gasteiger partial charge is 0.477 e. The van der Waals surface area contributed by atoms with Crippen molar-refractivity contribution in [1.29, 1.82) is 0 Å². The summed E-state index contributed by atoms with van der Waals surface area (Å²) in [5, 5.41) is 14.6. The molecule has 3 rings (SSSR count). The SMILES string of the molecule is Cc1nc(C(C)NC(=O)Cn2cnc3sccc3c2=O)sc1C(=O)O. The highest BCUT2D eigenvalue weighted by atomic mass is 32.1. The van der Waals surface area contributed by atoms with Crippen LogP contribution in [-0.4, -0.2) is 31.5 Å². The zero-order valence-corrected chi connectivity index (χ0v) is 15.0.